The van der Waals surface area contributed by atoms with E-state index in [2.05, 4.69) is 25.1 Å². The average Bonchev–Trinajstić information content (AvgIpc) is 2.60. The summed E-state index contributed by atoms with van der Waals surface area (Å²) in [5.41, 5.74) is 2.61. The van der Waals surface area contributed by atoms with Gasteiger partial charge in [-0.25, -0.2) is 0 Å². The van der Waals surface area contributed by atoms with E-state index in [0.717, 1.165) is 25.8 Å². The van der Waals surface area contributed by atoms with E-state index < -0.39 is 5.97 Å². The molecule has 5 heteroatoms. The lowest BCUT2D eigenvalue weighted by Gasteiger charge is -2.37. The summed E-state index contributed by atoms with van der Waals surface area (Å²) in [6, 6.07) is 8.52. The second-order valence-electron chi connectivity index (χ2n) is 7.68. The smallest absolute Gasteiger partial charge is 0.307 e. The number of amides is 1. The molecule has 1 aromatic carbocycles. The third-order valence-corrected chi connectivity index (χ3v) is 5.64. The van der Waals surface area contributed by atoms with Crippen molar-refractivity contribution in [3.8, 4) is 0 Å². The quantitative estimate of drug-likeness (QED) is 0.912. The van der Waals surface area contributed by atoms with Crippen molar-refractivity contribution in [3.63, 3.8) is 0 Å². The molecule has 5 nitrogen and oxygen atoms in total. The van der Waals surface area contributed by atoms with Gasteiger partial charge in [0.15, 0.2) is 0 Å². The number of carbonyl (C=O) groups excluding carboxylic acids is 1. The molecule has 1 N–H and O–H groups in total. The molecule has 3 rings (SSSR count). The van der Waals surface area contributed by atoms with Crippen molar-refractivity contribution in [2.45, 2.75) is 38.6 Å². The topological polar surface area (TPSA) is 60.9 Å². The van der Waals surface area contributed by atoms with Crippen molar-refractivity contribution in [1.82, 2.24) is 9.80 Å². The Bertz CT molecular complexity index is 646. The third kappa shape index (κ3) is 4.03. The minimum atomic E-state index is -0.751. The van der Waals surface area contributed by atoms with Crippen LogP contribution in [0.5, 0.6) is 0 Å². The van der Waals surface area contributed by atoms with Gasteiger partial charge in [0.2, 0.25) is 5.91 Å². The van der Waals surface area contributed by atoms with E-state index >= 15 is 0 Å². The predicted octanol–water partition coefficient (Wildman–Crippen LogP) is 2.57. The van der Waals surface area contributed by atoms with Crippen LogP contribution in [0.3, 0.4) is 0 Å². The van der Waals surface area contributed by atoms with Crippen LogP contribution in [-0.2, 0) is 16.0 Å². The van der Waals surface area contributed by atoms with Gasteiger partial charge in [-0.05, 0) is 42.7 Å². The van der Waals surface area contributed by atoms with Crippen molar-refractivity contribution in [3.05, 3.63) is 35.4 Å². The fraction of sp³-hybridized carbons (Fsp3) is 0.600. The highest BCUT2D eigenvalue weighted by atomic mass is 16.4. The molecule has 0 radical (unpaired) electrons. The maximum Gasteiger partial charge on any atom is 0.307 e. The largest absolute Gasteiger partial charge is 0.481 e. The Hall–Kier alpha value is -1.88. The molecule has 0 bridgehead atoms. The van der Waals surface area contributed by atoms with Crippen LogP contribution < -0.4 is 0 Å². The first-order valence-corrected chi connectivity index (χ1v) is 9.24. The van der Waals surface area contributed by atoms with E-state index in [-0.39, 0.29) is 17.9 Å². The van der Waals surface area contributed by atoms with E-state index in [9.17, 15) is 14.7 Å². The van der Waals surface area contributed by atoms with Crippen LogP contribution in [0.2, 0.25) is 0 Å². The molecule has 136 valence electrons. The van der Waals surface area contributed by atoms with Crippen molar-refractivity contribution in [1.29, 1.82) is 0 Å². The molecule has 1 fully saturated rings. The number of likely N-dealkylation sites (N-methyl/N-ethyl adjacent to an activating group) is 1. The molecule has 1 aliphatic carbocycles. The monoisotopic (exact) mass is 344 g/mol. The molecule has 1 heterocycles. The number of piperidine rings is 1. The molecule has 0 aromatic heterocycles. The van der Waals surface area contributed by atoms with Crippen LogP contribution in [0, 0.1) is 11.8 Å². The van der Waals surface area contributed by atoms with E-state index in [1.54, 1.807) is 0 Å². The Morgan fingerprint density at radius 3 is 2.80 bits per heavy atom. The van der Waals surface area contributed by atoms with Crippen LogP contribution in [0.25, 0.3) is 0 Å². The predicted molar refractivity (Wildman–Crippen MR) is 96.2 cm³/mol. The molecule has 1 aliphatic heterocycles. The molecule has 0 saturated carbocycles. The first-order valence-electron chi connectivity index (χ1n) is 9.24. The number of benzene rings is 1. The van der Waals surface area contributed by atoms with Crippen molar-refractivity contribution in [2.24, 2.45) is 11.8 Å². The summed E-state index contributed by atoms with van der Waals surface area (Å²) in [4.78, 5) is 28.1. The number of carboxylic acid groups (broad SMARTS) is 1. The van der Waals surface area contributed by atoms with Gasteiger partial charge < -0.3 is 10.0 Å². The second-order valence-corrected chi connectivity index (χ2v) is 7.68. The molecule has 1 amide bonds. The number of hydrogen-bond donors (Lipinski definition) is 1. The molecular formula is C20H28N2O3. The number of aliphatic carboxylic acids is 1. The van der Waals surface area contributed by atoms with Crippen molar-refractivity contribution < 1.29 is 14.7 Å². The molecular weight excluding hydrogens is 316 g/mol. The summed E-state index contributed by atoms with van der Waals surface area (Å²) in [6.45, 7) is 3.64. The summed E-state index contributed by atoms with van der Waals surface area (Å²) < 4.78 is 0. The number of nitrogens with zero attached hydrogens (tertiary/aromatic N) is 2. The highest BCUT2D eigenvalue weighted by Gasteiger charge is 2.32. The van der Waals surface area contributed by atoms with Gasteiger partial charge in [0.1, 0.15) is 0 Å². The number of carbonyl (C=O) groups is 2. The molecule has 2 aliphatic rings. The standard InChI is InChI=1S/C20H28N2O3/c1-14-10-16(20(24)25)12-22(11-14)13-19(23)21(2)18-9-5-7-15-6-3-4-8-17(15)18/h3-4,6,8,14,16,18H,5,7,9-13H2,1-2H3,(H,24,25). The minimum absolute atomic E-state index is 0.0833. The Morgan fingerprint density at radius 2 is 2.04 bits per heavy atom. The molecule has 3 atom stereocenters. The van der Waals surface area contributed by atoms with Gasteiger partial charge >= 0.3 is 5.97 Å². The zero-order valence-electron chi connectivity index (χ0n) is 15.1. The van der Waals surface area contributed by atoms with E-state index in [1.165, 1.54) is 11.1 Å². The lowest BCUT2D eigenvalue weighted by molar-refractivity contribution is -0.146. The van der Waals surface area contributed by atoms with E-state index in [4.69, 9.17) is 0 Å². The number of fused-ring (bicyclic) bond motifs is 1. The van der Waals surface area contributed by atoms with Gasteiger partial charge in [-0.1, -0.05) is 31.2 Å². The SMILES string of the molecule is CC1CC(C(=O)O)CN(CC(=O)N(C)C2CCCc3ccccc32)C1. The van der Waals surface area contributed by atoms with Crippen LogP contribution in [-0.4, -0.2) is 53.5 Å². The van der Waals surface area contributed by atoms with E-state index in [1.807, 2.05) is 22.9 Å². The highest BCUT2D eigenvalue weighted by molar-refractivity contribution is 5.79. The maximum atomic E-state index is 12.8. The first-order chi connectivity index (χ1) is 12.0. The highest BCUT2D eigenvalue weighted by Crippen LogP contribution is 2.33. The number of rotatable bonds is 4. The minimum Gasteiger partial charge on any atom is -0.481 e. The molecule has 25 heavy (non-hydrogen) atoms. The van der Waals surface area contributed by atoms with Gasteiger partial charge in [-0.3, -0.25) is 14.5 Å². The van der Waals surface area contributed by atoms with Crippen LogP contribution in [0.15, 0.2) is 24.3 Å². The zero-order valence-corrected chi connectivity index (χ0v) is 15.1. The number of hydrogen-bond acceptors (Lipinski definition) is 3. The normalized spacial score (nSPS) is 26.7. The van der Waals surface area contributed by atoms with Gasteiger partial charge in [-0.2, -0.15) is 0 Å². The molecule has 3 unspecified atom stereocenters. The van der Waals surface area contributed by atoms with Crippen LogP contribution in [0.4, 0.5) is 0 Å². The summed E-state index contributed by atoms with van der Waals surface area (Å²) >= 11 is 0. The maximum absolute atomic E-state index is 12.8. The Kier molecular flexibility index (Phi) is 5.42. The first kappa shape index (κ1) is 17.9. The fourth-order valence-corrected chi connectivity index (χ4v) is 4.38. The van der Waals surface area contributed by atoms with Crippen molar-refractivity contribution >= 4 is 11.9 Å². The Balaban J connectivity index is 1.66. The summed E-state index contributed by atoms with van der Waals surface area (Å²) in [7, 11) is 1.89. The lowest BCUT2D eigenvalue weighted by Crippen LogP contribution is -2.47. The fourth-order valence-electron chi connectivity index (χ4n) is 4.38. The Labute approximate surface area is 149 Å². The molecule has 1 saturated heterocycles. The molecule has 1 aromatic rings. The number of likely N-dealkylation sites (tertiary alicyclic amines) is 1. The Morgan fingerprint density at radius 1 is 1.28 bits per heavy atom. The number of carboxylic acids is 1. The second kappa shape index (κ2) is 7.56. The van der Waals surface area contributed by atoms with E-state index in [0.29, 0.717) is 25.4 Å². The van der Waals surface area contributed by atoms with Crippen molar-refractivity contribution in [2.75, 3.05) is 26.7 Å². The number of aryl methyl sites for hydroxylation is 1. The molecule has 0 spiro atoms. The zero-order chi connectivity index (χ0) is 18.0. The van der Waals surface area contributed by atoms with Gasteiger partial charge in [-0.15, -0.1) is 0 Å². The van der Waals surface area contributed by atoms with Gasteiger partial charge in [0.05, 0.1) is 18.5 Å². The van der Waals surface area contributed by atoms with Crippen LogP contribution in [0.1, 0.15) is 43.4 Å². The van der Waals surface area contributed by atoms with Crippen LogP contribution >= 0.6 is 0 Å². The summed E-state index contributed by atoms with van der Waals surface area (Å²) in [5.74, 6) is -0.723. The third-order valence-electron chi connectivity index (χ3n) is 5.64. The summed E-state index contributed by atoms with van der Waals surface area (Å²) in [5, 5.41) is 9.31. The lowest BCUT2D eigenvalue weighted by atomic mass is 9.87. The average molecular weight is 344 g/mol. The van der Waals surface area contributed by atoms with Gasteiger partial charge in [0.25, 0.3) is 0 Å². The van der Waals surface area contributed by atoms with Gasteiger partial charge in [0, 0.05) is 20.1 Å². The summed E-state index contributed by atoms with van der Waals surface area (Å²) in [6.07, 6.45) is 3.87.